The molecule has 3 nitrogen and oxygen atoms in total. The van der Waals surface area contributed by atoms with Crippen molar-refractivity contribution in [1.82, 2.24) is 0 Å². The van der Waals surface area contributed by atoms with Crippen LogP contribution >= 0.6 is 11.3 Å². The molecule has 0 atom stereocenters. The Bertz CT molecular complexity index is 3620. The Morgan fingerprint density at radius 1 is 0.480 bits per heavy atom. The highest BCUT2D eigenvalue weighted by molar-refractivity contribution is 7.26. The predicted octanol–water partition coefficient (Wildman–Crippen LogP) is 18.4. The molecule has 1 aromatic heterocycles. The van der Waals surface area contributed by atoms with Gasteiger partial charge in [-0.05, 0) is 162 Å². The normalized spacial score (nSPS) is 15.6. The van der Waals surface area contributed by atoms with Crippen molar-refractivity contribution in [2.24, 2.45) is 0 Å². The number of thiophene rings is 1. The highest BCUT2D eigenvalue weighted by atomic mass is 32.1. The molecular weight excluding hydrogens is 926 g/mol. The van der Waals surface area contributed by atoms with Crippen LogP contribution in [0.4, 0.5) is 50.5 Å². The third kappa shape index (κ3) is 8.15. The number of hydrogen-bond acceptors (Lipinski definition) is 4. The van der Waals surface area contributed by atoms with Gasteiger partial charge in [-0.25, -0.2) is 0 Å². The van der Waals surface area contributed by atoms with Crippen LogP contribution in [-0.4, -0.2) is 6.71 Å². The number of anilines is 9. The molecule has 0 N–H and O–H groups in total. The van der Waals surface area contributed by atoms with Crippen molar-refractivity contribution >= 4 is 95.0 Å². The summed E-state index contributed by atoms with van der Waals surface area (Å²) in [5.74, 6) is 0. The molecule has 9 aromatic rings. The van der Waals surface area contributed by atoms with Gasteiger partial charge in [0.1, 0.15) is 0 Å². The summed E-state index contributed by atoms with van der Waals surface area (Å²) in [6.07, 6.45) is 2.24. The Hall–Kier alpha value is -6.82. The maximum atomic E-state index is 2.76. The molecule has 5 heteroatoms. The lowest BCUT2D eigenvalue weighted by Crippen LogP contribution is -2.61. The predicted molar refractivity (Wildman–Crippen MR) is 327 cm³/mol. The van der Waals surface area contributed by atoms with Gasteiger partial charge >= 0.3 is 0 Å². The van der Waals surface area contributed by atoms with Gasteiger partial charge in [-0.15, -0.1) is 11.3 Å². The van der Waals surface area contributed by atoms with Crippen molar-refractivity contribution in [2.75, 3.05) is 14.7 Å². The summed E-state index contributed by atoms with van der Waals surface area (Å²) in [6.45, 7) is 31.0. The van der Waals surface area contributed by atoms with E-state index >= 15 is 0 Å². The lowest BCUT2D eigenvalue weighted by molar-refractivity contribution is 0.333. The second kappa shape index (κ2) is 17.4. The van der Waals surface area contributed by atoms with Crippen LogP contribution in [0.5, 0.6) is 0 Å². The number of nitrogens with zero attached hydrogens (tertiary/aromatic N) is 3. The summed E-state index contributed by atoms with van der Waals surface area (Å²) in [5.41, 5.74) is 22.8. The van der Waals surface area contributed by atoms with Gasteiger partial charge in [0.2, 0.25) is 0 Å². The minimum atomic E-state index is -0.112. The lowest BCUT2D eigenvalue weighted by atomic mass is 9.33. The summed E-state index contributed by atoms with van der Waals surface area (Å²) < 4.78 is 1.32. The maximum absolute atomic E-state index is 2.76. The summed E-state index contributed by atoms with van der Waals surface area (Å²) >= 11 is 1.95. The summed E-state index contributed by atoms with van der Waals surface area (Å²) in [7, 11) is 0. The molecule has 0 bridgehead atoms. The maximum Gasteiger partial charge on any atom is 0.254 e. The minimum Gasteiger partial charge on any atom is -0.310 e. The Labute approximate surface area is 452 Å². The Balaban J connectivity index is 1.29. The van der Waals surface area contributed by atoms with Gasteiger partial charge in [-0.1, -0.05) is 199 Å². The Kier molecular flexibility index (Phi) is 11.4. The van der Waals surface area contributed by atoms with Crippen LogP contribution in [0, 0.1) is 0 Å². The van der Waals surface area contributed by atoms with Gasteiger partial charge in [0.15, 0.2) is 0 Å². The van der Waals surface area contributed by atoms with E-state index in [1.165, 1.54) is 98.9 Å². The van der Waals surface area contributed by atoms with Crippen molar-refractivity contribution in [1.29, 1.82) is 0 Å². The van der Waals surface area contributed by atoms with Crippen LogP contribution in [-0.2, 0) is 27.1 Å². The van der Waals surface area contributed by atoms with Crippen LogP contribution in [0.3, 0.4) is 0 Å². The lowest BCUT2D eigenvalue weighted by Gasteiger charge is -2.49. The third-order valence-electron chi connectivity index (χ3n) is 16.9. The molecule has 0 saturated heterocycles. The van der Waals surface area contributed by atoms with Crippen LogP contribution < -0.4 is 31.1 Å². The van der Waals surface area contributed by atoms with Gasteiger partial charge < -0.3 is 14.7 Å². The highest BCUT2D eigenvalue weighted by Gasteiger charge is 2.50. The molecule has 12 rings (SSSR count). The van der Waals surface area contributed by atoms with E-state index in [-0.39, 0.29) is 33.8 Å². The molecule has 75 heavy (non-hydrogen) atoms. The summed E-state index contributed by atoms with van der Waals surface area (Å²) in [4.78, 5) is 7.89. The fraction of sp³-hybridized carbons (Fsp3) is 0.286. The largest absolute Gasteiger partial charge is 0.310 e. The molecule has 0 saturated carbocycles. The van der Waals surface area contributed by atoms with E-state index in [0.717, 1.165) is 29.9 Å². The smallest absolute Gasteiger partial charge is 0.254 e. The minimum absolute atomic E-state index is 0.00724. The quantitative estimate of drug-likeness (QED) is 0.154. The van der Waals surface area contributed by atoms with E-state index in [1.54, 1.807) is 0 Å². The zero-order valence-electron chi connectivity index (χ0n) is 46.5. The fourth-order valence-electron chi connectivity index (χ4n) is 12.6. The standard InChI is InChI=1S/C70H72BN3S/c1-66(2,3)46-29-33-51(34-30-46)73-58-43-52(72(49-25-19-15-20-26-49)50-27-21-16-22-28-50)44-59-63(58)71(62-54-42-48(68(7,8)9)32-38-60(54)75-65(62)73)56-36-35-55-61(70(12,13)40-39-69(55,10)11)64(56)74(59)57-37-31-47(67(4,5)6)41-53(57)45-23-17-14-18-24-45/h14-38,41-44H,39-40H2,1-13H3. The first-order chi connectivity index (χ1) is 35.6. The topological polar surface area (TPSA) is 9.72 Å². The van der Waals surface area contributed by atoms with E-state index in [4.69, 9.17) is 0 Å². The number of fused-ring (bicyclic) bond motifs is 8. The first-order valence-electron chi connectivity index (χ1n) is 27.3. The molecule has 0 unspecified atom stereocenters. The van der Waals surface area contributed by atoms with Crippen molar-refractivity contribution in [2.45, 2.75) is 130 Å². The highest BCUT2D eigenvalue weighted by Crippen LogP contribution is 2.57. The van der Waals surface area contributed by atoms with Crippen LogP contribution in [0.15, 0.2) is 176 Å². The Morgan fingerprint density at radius 3 is 1.61 bits per heavy atom. The van der Waals surface area contributed by atoms with Crippen LogP contribution in [0.2, 0.25) is 0 Å². The first-order valence-corrected chi connectivity index (χ1v) is 28.2. The number of hydrogen-bond donors (Lipinski definition) is 0. The molecule has 0 fully saturated rings. The second-order valence-corrected chi connectivity index (χ2v) is 27.2. The average Bonchev–Trinajstić information content (AvgIpc) is 3.82. The SMILES string of the molecule is CC(C)(C)c1ccc(N2c3cc(N(c4ccccc4)c4ccccc4)cc4c3B(c3ccc5c(c3N4c3ccc(C(C)(C)C)cc3-c3ccccc3)C(C)(C)CCC5(C)C)c3c2sc2ccc(C(C)(C)C)cc32)cc1. The fourth-order valence-corrected chi connectivity index (χ4v) is 13.8. The van der Waals surface area contributed by atoms with Crippen LogP contribution in [0.25, 0.3) is 21.2 Å². The van der Waals surface area contributed by atoms with Crippen LogP contribution in [0.1, 0.15) is 131 Å². The van der Waals surface area contributed by atoms with Crippen molar-refractivity contribution in [3.63, 3.8) is 0 Å². The average molecular weight is 998 g/mol. The molecule has 376 valence electrons. The summed E-state index contributed by atoms with van der Waals surface area (Å²) in [6, 6.07) is 67.6. The molecule has 3 aliphatic rings. The van der Waals surface area contributed by atoms with E-state index in [0.29, 0.717) is 0 Å². The van der Waals surface area contributed by atoms with Gasteiger partial charge in [0.05, 0.1) is 16.4 Å². The molecule has 0 radical (unpaired) electrons. The number of rotatable bonds is 6. The van der Waals surface area contributed by atoms with Crippen molar-refractivity contribution in [3.05, 3.63) is 204 Å². The number of para-hydroxylation sites is 2. The van der Waals surface area contributed by atoms with Gasteiger partial charge in [0.25, 0.3) is 6.71 Å². The number of benzene rings is 8. The molecular formula is C70H72BN3S. The van der Waals surface area contributed by atoms with Gasteiger partial charge in [0, 0.05) is 44.4 Å². The van der Waals surface area contributed by atoms with Gasteiger partial charge in [-0.3, -0.25) is 0 Å². The van der Waals surface area contributed by atoms with Crippen molar-refractivity contribution in [3.8, 4) is 11.1 Å². The van der Waals surface area contributed by atoms with E-state index in [2.05, 4.69) is 281 Å². The zero-order valence-corrected chi connectivity index (χ0v) is 47.3. The van der Waals surface area contributed by atoms with Crippen molar-refractivity contribution < 1.29 is 0 Å². The summed E-state index contributed by atoms with van der Waals surface area (Å²) in [5, 5.41) is 2.65. The first kappa shape index (κ1) is 49.1. The van der Waals surface area contributed by atoms with Gasteiger partial charge in [-0.2, -0.15) is 0 Å². The third-order valence-corrected chi connectivity index (χ3v) is 18.1. The monoisotopic (exact) mass is 998 g/mol. The molecule has 0 amide bonds. The molecule has 0 spiro atoms. The second-order valence-electron chi connectivity index (χ2n) is 26.1. The molecule has 1 aliphatic carbocycles. The molecule has 3 heterocycles. The molecule has 8 aromatic carbocycles. The Morgan fingerprint density at radius 2 is 1.01 bits per heavy atom. The van der Waals surface area contributed by atoms with E-state index in [1.807, 2.05) is 11.3 Å². The van der Waals surface area contributed by atoms with E-state index in [9.17, 15) is 0 Å². The van der Waals surface area contributed by atoms with E-state index < -0.39 is 0 Å². The molecule has 2 aliphatic heterocycles. The zero-order chi connectivity index (χ0) is 52.6.